The van der Waals surface area contributed by atoms with Crippen LogP contribution >= 0.6 is 0 Å². The summed E-state index contributed by atoms with van der Waals surface area (Å²) in [7, 11) is 0. The van der Waals surface area contributed by atoms with Crippen molar-refractivity contribution in [1.82, 2.24) is 21.3 Å². The predicted molar refractivity (Wildman–Crippen MR) is 123 cm³/mol. The molecule has 0 aliphatic heterocycles. The van der Waals surface area contributed by atoms with Gasteiger partial charge < -0.3 is 25.6 Å². The zero-order valence-electron chi connectivity index (χ0n) is 19.9. The molecule has 0 saturated heterocycles. The minimum absolute atomic E-state index is 0.0820. The minimum Gasteiger partial charge on any atom is -0.465 e. The van der Waals surface area contributed by atoms with Crippen LogP contribution < -0.4 is 21.3 Å². The first-order chi connectivity index (χ1) is 15.1. The van der Waals surface area contributed by atoms with Crippen LogP contribution in [0.15, 0.2) is 0 Å². The van der Waals surface area contributed by atoms with Gasteiger partial charge in [0.05, 0.1) is 18.2 Å². The van der Waals surface area contributed by atoms with Crippen molar-refractivity contribution in [3.8, 4) is 0 Å². The summed E-state index contributed by atoms with van der Waals surface area (Å²) in [6.45, 7) is 8.39. The van der Waals surface area contributed by atoms with Crippen molar-refractivity contribution in [3.63, 3.8) is 0 Å². The SMILES string of the molecule is CC(C)C(C=O)NCCCCCCCCCC(NC(=O)O)NC(C(=O)NC(=O)O)C(C)C. The summed E-state index contributed by atoms with van der Waals surface area (Å²) < 4.78 is 0. The molecule has 3 amide bonds. The minimum atomic E-state index is -1.44. The first-order valence-electron chi connectivity index (χ1n) is 11.6. The van der Waals surface area contributed by atoms with Gasteiger partial charge in [0.1, 0.15) is 6.29 Å². The number of carbonyl (C=O) groups is 4. The molecule has 32 heavy (non-hydrogen) atoms. The second kappa shape index (κ2) is 17.4. The van der Waals surface area contributed by atoms with Gasteiger partial charge in [-0.1, -0.05) is 66.2 Å². The van der Waals surface area contributed by atoms with Crippen LogP contribution in [0, 0.1) is 11.8 Å². The van der Waals surface area contributed by atoms with E-state index < -0.39 is 30.3 Å². The number of amides is 3. The van der Waals surface area contributed by atoms with Gasteiger partial charge in [0.15, 0.2) is 0 Å². The van der Waals surface area contributed by atoms with E-state index in [0.29, 0.717) is 12.3 Å². The second-order valence-electron chi connectivity index (χ2n) is 8.81. The maximum absolute atomic E-state index is 12.1. The number of imide groups is 1. The molecule has 0 rings (SSSR count). The Morgan fingerprint density at radius 2 is 1.38 bits per heavy atom. The molecule has 0 radical (unpaired) electrons. The third kappa shape index (κ3) is 14.7. The lowest BCUT2D eigenvalue weighted by molar-refractivity contribution is -0.123. The average molecular weight is 459 g/mol. The summed E-state index contributed by atoms with van der Waals surface area (Å²) in [6, 6.07) is -0.910. The predicted octanol–water partition coefficient (Wildman–Crippen LogP) is 2.92. The fourth-order valence-corrected chi connectivity index (χ4v) is 3.38. The van der Waals surface area contributed by atoms with Crippen LogP contribution in [0.2, 0.25) is 0 Å². The molecule has 0 aromatic heterocycles. The van der Waals surface area contributed by atoms with E-state index >= 15 is 0 Å². The summed E-state index contributed by atoms with van der Waals surface area (Å²) in [5.74, 6) is -0.625. The molecule has 0 aliphatic rings. The van der Waals surface area contributed by atoms with Gasteiger partial charge in [-0.25, -0.2) is 9.59 Å². The normalized spacial score (nSPS) is 14.1. The Morgan fingerprint density at radius 1 is 0.812 bits per heavy atom. The van der Waals surface area contributed by atoms with E-state index in [-0.39, 0.29) is 12.0 Å². The number of unbranched alkanes of at least 4 members (excludes halogenated alkanes) is 6. The molecule has 0 spiro atoms. The van der Waals surface area contributed by atoms with Crippen LogP contribution in [0.1, 0.15) is 79.1 Å². The largest absolute Gasteiger partial charge is 0.465 e. The maximum Gasteiger partial charge on any atom is 0.411 e. The molecule has 0 saturated carbocycles. The van der Waals surface area contributed by atoms with E-state index in [1.165, 1.54) is 0 Å². The monoisotopic (exact) mass is 458 g/mol. The van der Waals surface area contributed by atoms with Crippen LogP contribution in [0.25, 0.3) is 0 Å². The number of nitrogens with one attached hydrogen (secondary N) is 4. The van der Waals surface area contributed by atoms with Crippen LogP contribution in [-0.2, 0) is 9.59 Å². The Hall–Kier alpha value is -2.20. The molecule has 186 valence electrons. The van der Waals surface area contributed by atoms with Gasteiger partial charge in [-0.2, -0.15) is 0 Å². The smallest absolute Gasteiger partial charge is 0.411 e. The van der Waals surface area contributed by atoms with Crippen molar-refractivity contribution in [3.05, 3.63) is 0 Å². The number of carbonyl (C=O) groups excluding carboxylic acids is 2. The standard InChI is InChI=1S/C22H42N4O6/c1-15(2)17(14-27)23-13-11-9-7-5-6-8-10-12-18(25-21(29)30)24-19(16(3)4)20(28)26-22(31)32/h14-19,23-25H,5-13H2,1-4H3,(H,26,28)(H,29,30)(H,31,32). The third-order valence-corrected chi connectivity index (χ3v) is 5.27. The van der Waals surface area contributed by atoms with Gasteiger partial charge in [0.25, 0.3) is 0 Å². The number of carboxylic acid groups (broad SMARTS) is 2. The zero-order valence-corrected chi connectivity index (χ0v) is 19.9. The Bertz CT molecular complexity index is 571. The highest BCUT2D eigenvalue weighted by atomic mass is 16.4. The van der Waals surface area contributed by atoms with Crippen molar-refractivity contribution in [2.24, 2.45) is 11.8 Å². The van der Waals surface area contributed by atoms with E-state index in [1.807, 2.05) is 19.2 Å². The second-order valence-corrected chi connectivity index (χ2v) is 8.81. The van der Waals surface area contributed by atoms with Crippen molar-refractivity contribution in [1.29, 1.82) is 0 Å². The fourth-order valence-electron chi connectivity index (χ4n) is 3.38. The lowest BCUT2D eigenvalue weighted by atomic mass is 10.0. The fraction of sp³-hybridized carbons (Fsp3) is 0.818. The van der Waals surface area contributed by atoms with Gasteiger partial charge in [-0.05, 0) is 31.2 Å². The van der Waals surface area contributed by atoms with Gasteiger partial charge in [0.2, 0.25) is 5.91 Å². The van der Waals surface area contributed by atoms with E-state index in [1.54, 1.807) is 13.8 Å². The van der Waals surface area contributed by atoms with Crippen molar-refractivity contribution in [2.75, 3.05) is 6.54 Å². The third-order valence-electron chi connectivity index (χ3n) is 5.27. The van der Waals surface area contributed by atoms with E-state index in [4.69, 9.17) is 10.2 Å². The van der Waals surface area contributed by atoms with E-state index in [2.05, 4.69) is 16.0 Å². The first-order valence-corrected chi connectivity index (χ1v) is 11.6. The number of aldehydes is 1. The van der Waals surface area contributed by atoms with Crippen LogP contribution in [-0.4, -0.2) is 59.4 Å². The molecule has 10 heteroatoms. The lowest BCUT2D eigenvalue weighted by Crippen LogP contribution is -2.56. The molecule has 3 atom stereocenters. The van der Waals surface area contributed by atoms with Gasteiger partial charge in [0, 0.05) is 0 Å². The van der Waals surface area contributed by atoms with Gasteiger partial charge in [-0.15, -0.1) is 0 Å². The van der Waals surface area contributed by atoms with Crippen LogP contribution in [0.3, 0.4) is 0 Å². The molecule has 0 heterocycles. The van der Waals surface area contributed by atoms with Crippen LogP contribution in [0.4, 0.5) is 9.59 Å². The topological polar surface area (TPSA) is 157 Å². The maximum atomic E-state index is 12.1. The van der Waals surface area contributed by atoms with Gasteiger partial charge >= 0.3 is 12.2 Å². The van der Waals surface area contributed by atoms with Crippen molar-refractivity contribution >= 4 is 24.4 Å². The molecular weight excluding hydrogens is 416 g/mol. The Labute approximate surface area is 191 Å². The number of hydrogen-bond acceptors (Lipinski definition) is 6. The summed E-state index contributed by atoms with van der Waals surface area (Å²) in [4.78, 5) is 44.9. The van der Waals surface area contributed by atoms with Crippen molar-refractivity contribution < 1.29 is 29.4 Å². The first kappa shape index (κ1) is 29.8. The molecule has 0 aromatic rings. The summed E-state index contributed by atoms with van der Waals surface area (Å²) in [5, 5.41) is 28.2. The Balaban J connectivity index is 4.19. The molecule has 3 unspecified atom stereocenters. The lowest BCUT2D eigenvalue weighted by Gasteiger charge is -2.27. The zero-order chi connectivity index (χ0) is 24.5. The highest BCUT2D eigenvalue weighted by molar-refractivity contribution is 5.94. The quantitative estimate of drug-likeness (QED) is 0.104. The van der Waals surface area contributed by atoms with E-state index in [9.17, 15) is 19.2 Å². The molecule has 0 bridgehead atoms. The molecule has 0 fully saturated rings. The molecular formula is C22H42N4O6. The van der Waals surface area contributed by atoms with Crippen molar-refractivity contribution in [2.45, 2.75) is 97.3 Å². The molecule has 10 nitrogen and oxygen atoms in total. The summed E-state index contributed by atoms with van der Waals surface area (Å²) in [5.41, 5.74) is 0. The summed E-state index contributed by atoms with van der Waals surface area (Å²) in [6.07, 6.45) is 5.24. The summed E-state index contributed by atoms with van der Waals surface area (Å²) >= 11 is 0. The number of hydrogen-bond donors (Lipinski definition) is 6. The average Bonchev–Trinajstić information content (AvgIpc) is 2.68. The number of rotatable bonds is 18. The highest BCUT2D eigenvalue weighted by Crippen LogP contribution is 2.11. The van der Waals surface area contributed by atoms with E-state index in [0.717, 1.165) is 57.8 Å². The Morgan fingerprint density at radius 3 is 1.84 bits per heavy atom. The highest BCUT2D eigenvalue weighted by Gasteiger charge is 2.27. The molecule has 6 N–H and O–H groups in total. The molecule has 0 aliphatic carbocycles. The van der Waals surface area contributed by atoms with Gasteiger partial charge in [-0.3, -0.25) is 15.4 Å². The molecule has 0 aromatic carbocycles. The van der Waals surface area contributed by atoms with Crippen LogP contribution in [0.5, 0.6) is 0 Å². The Kier molecular flexibility index (Phi) is 16.2.